The van der Waals surface area contributed by atoms with Crippen molar-refractivity contribution in [2.24, 2.45) is 0 Å². The molecule has 0 radical (unpaired) electrons. The Morgan fingerprint density at radius 3 is 2.89 bits per heavy atom. The number of imidazole rings is 1. The molecule has 1 aromatic carbocycles. The van der Waals surface area contributed by atoms with Gasteiger partial charge < -0.3 is 9.72 Å². The molecule has 10 heteroatoms. The van der Waals surface area contributed by atoms with Crippen molar-refractivity contribution in [3.63, 3.8) is 0 Å². The van der Waals surface area contributed by atoms with Gasteiger partial charge in [-0.3, -0.25) is 0 Å². The maximum Gasteiger partial charge on any atom is 0.361 e. The van der Waals surface area contributed by atoms with Crippen molar-refractivity contribution in [2.75, 3.05) is 0 Å². The average Bonchev–Trinajstić information content (AvgIpc) is 3.22. The summed E-state index contributed by atoms with van der Waals surface area (Å²) in [4.78, 5) is 23.7. The molecule has 1 N–H and O–H groups in total. The maximum absolute atomic E-state index is 12.4. The number of H-pyrrole nitrogens is 1. The van der Waals surface area contributed by atoms with E-state index in [2.05, 4.69) is 25.3 Å². The van der Waals surface area contributed by atoms with Crippen molar-refractivity contribution in [1.82, 2.24) is 29.9 Å². The Hall–Kier alpha value is -2.97. The van der Waals surface area contributed by atoms with Gasteiger partial charge in [-0.15, -0.1) is 5.10 Å². The molecule has 27 heavy (non-hydrogen) atoms. The monoisotopic (exact) mass is 402 g/mol. The van der Waals surface area contributed by atoms with Crippen LogP contribution in [0.25, 0.3) is 16.9 Å². The molecule has 0 fully saturated rings. The summed E-state index contributed by atoms with van der Waals surface area (Å²) in [7, 11) is 0. The predicted octanol–water partition coefficient (Wildman–Crippen LogP) is 3.51. The third kappa shape index (κ3) is 3.49. The Kier molecular flexibility index (Phi) is 4.51. The highest BCUT2D eigenvalue weighted by atomic mass is 35.5. The second-order valence-electron chi connectivity index (χ2n) is 5.68. The lowest BCUT2D eigenvalue weighted by Crippen LogP contribution is -2.09. The average molecular weight is 403 g/mol. The van der Waals surface area contributed by atoms with Crippen molar-refractivity contribution in [1.29, 1.82) is 0 Å². The summed E-state index contributed by atoms with van der Waals surface area (Å²) < 4.78 is 6.82. The Labute approximate surface area is 163 Å². The molecule has 0 aliphatic carbocycles. The zero-order valence-corrected chi connectivity index (χ0v) is 15.5. The van der Waals surface area contributed by atoms with Crippen LogP contribution in [0.4, 0.5) is 0 Å². The molecule has 136 valence electrons. The fraction of sp³-hybridized carbons (Fsp3) is 0.118. The number of nitrogens with one attached hydrogen (secondary N) is 1. The minimum atomic E-state index is -0.604. The summed E-state index contributed by atoms with van der Waals surface area (Å²) in [5, 5.41) is 8.83. The fourth-order valence-corrected chi connectivity index (χ4v) is 2.89. The standard InChI is InChI=1S/C17H12Cl2N6O2/c1-9-15(23-24-25(9)11-4-2-3-10(18)7-11)17(26)27-8-14-20-12-5-6-13(19)21-16(12)22-14/h2-7H,8H2,1H3,(H,20,21,22). The highest BCUT2D eigenvalue weighted by Crippen LogP contribution is 2.18. The minimum Gasteiger partial charge on any atom is -0.453 e. The second-order valence-corrected chi connectivity index (χ2v) is 6.50. The number of esters is 1. The van der Waals surface area contributed by atoms with Gasteiger partial charge in [0.05, 0.1) is 16.9 Å². The third-order valence-corrected chi connectivity index (χ3v) is 4.29. The number of aromatic amines is 1. The molecular weight excluding hydrogens is 391 g/mol. The first-order valence-corrected chi connectivity index (χ1v) is 8.63. The normalized spacial score (nSPS) is 11.1. The first kappa shape index (κ1) is 17.4. The number of pyridine rings is 1. The summed E-state index contributed by atoms with van der Waals surface area (Å²) in [6.07, 6.45) is 0. The van der Waals surface area contributed by atoms with Crippen molar-refractivity contribution < 1.29 is 9.53 Å². The number of hydrogen-bond acceptors (Lipinski definition) is 6. The van der Waals surface area contributed by atoms with Crippen molar-refractivity contribution >= 4 is 40.3 Å². The summed E-state index contributed by atoms with van der Waals surface area (Å²) in [5.74, 6) is -0.153. The lowest BCUT2D eigenvalue weighted by atomic mass is 10.3. The molecule has 0 aliphatic rings. The van der Waals surface area contributed by atoms with Gasteiger partial charge in [0.2, 0.25) is 0 Å². The Bertz CT molecular complexity index is 1150. The number of fused-ring (bicyclic) bond motifs is 1. The molecule has 0 spiro atoms. The number of halogens is 2. The number of nitrogens with zero attached hydrogens (tertiary/aromatic N) is 5. The molecule has 3 heterocycles. The molecule has 0 bridgehead atoms. The smallest absolute Gasteiger partial charge is 0.361 e. The Balaban J connectivity index is 1.51. The van der Waals surface area contributed by atoms with Crippen LogP contribution in [0.2, 0.25) is 10.2 Å². The second kappa shape index (κ2) is 6.98. The van der Waals surface area contributed by atoms with Crippen LogP contribution < -0.4 is 0 Å². The quantitative estimate of drug-likeness (QED) is 0.414. The molecule has 0 saturated carbocycles. The van der Waals surface area contributed by atoms with Gasteiger partial charge in [-0.25, -0.2) is 19.4 Å². The molecule has 0 amide bonds. The summed E-state index contributed by atoms with van der Waals surface area (Å²) >= 11 is 11.8. The zero-order chi connectivity index (χ0) is 19.0. The number of carbonyl (C=O) groups excluding carboxylic acids is 1. The third-order valence-electron chi connectivity index (χ3n) is 3.84. The number of hydrogen-bond donors (Lipinski definition) is 1. The van der Waals surface area contributed by atoms with E-state index >= 15 is 0 Å². The number of benzene rings is 1. The van der Waals surface area contributed by atoms with Gasteiger partial charge in [0, 0.05) is 5.02 Å². The molecule has 0 atom stereocenters. The van der Waals surface area contributed by atoms with Crippen molar-refractivity contribution in [3.8, 4) is 5.69 Å². The van der Waals surface area contributed by atoms with E-state index in [1.54, 1.807) is 37.3 Å². The van der Waals surface area contributed by atoms with E-state index in [0.29, 0.717) is 38.5 Å². The van der Waals surface area contributed by atoms with Crippen LogP contribution in [0.3, 0.4) is 0 Å². The van der Waals surface area contributed by atoms with Crippen LogP contribution in [0.1, 0.15) is 22.0 Å². The highest BCUT2D eigenvalue weighted by molar-refractivity contribution is 6.30. The van der Waals surface area contributed by atoms with E-state index in [1.165, 1.54) is 4.68 Å². The molecule has 0 aliphatic heterocycles. The molecular formula is C17H12Cl2N6O2. The van der Waals surface area contributed by atoms with Crippen LogP contribution in [-0.4, -0.2) is 35.9 Å². The number of ether oxygens (including phenoxy) is 1. The minimum absolute atomic E-state index is 0.0592. The fourth-order valence-electron chi connectivity index (χ4n) is 2.56. The van der Waals surface area contributed by atoms with Crippen LogP contribution in [-0.2, 0) is 11.3 Å². The molecule has 0 saturated heterocycles. The Morgan fingerprint density at radius 1 is 1.22 bits per heavy atom. The van der Waals surface area contributed by atoms with Crippen LogP contribution >= 0.6 is 23.2 Å². The van der Waals surface area contributed by atoms with E-state index in [1.807, 2.05) is 6.07 Å². The van der Waals surface area contributed by atoms with Crippen LogP contribution in [0.5, 0.6) is 0 Å². The lowest BCUT2D eigenvalue weighted by molar-refractivity contribution is 0.0455. The summed E-state index contributed by atoms with van der Waals surface area (Å²) in [6.45, 7) is 1.67. The van der Waals surface area contributed by atoms with Crippen molar-refractivity contribution in [2.45, 2.75) is 13.5 Å². The number of carbonyl (C=O) groups is 1. The molecule has 3 aromatic heterocycles. The Morgan fingerprint density at radius 2 is 2.07 bits per heavy atom. The topological polar surface area (TPSA) is 98.6 Å². The first-order chi connectivity index (χ1) is 13.0. The van der Waals surface area contributed by atoms with Gasteiger partial charge >= 0.3 is 5.97 Å². The van der Waals surface area contributed by atoms with E-state index in [-0.39, 0.29) is 12.3 Å². The SMILES string of the molecule is Cc1c(C(=O)OCc2nc3nc(Cl)ccc3[nH]2)nnn1-c1cccc(Cl)c1. The van der Waals surface area contributed by atoms with Gasteiger partial charge in [-0.05, 0) is 37.3 Å². The first-order valence-electron chi connectivity index (χ1n) is 7.88. The number of aromatic nitrogens is 6. The predicted molar refractivity (Wildman–Crippen MR) is 99.1 cm³/mol. The van der Waals surface area contributed by atoms with Gasteiger partial charge in [0.1, 0.15) is 17.6 Å². The van der Waals surface area contributed by atoms with Crippen LogP contribution in [0.15, 0.2) is 36.4 Å². The van der Waals surface area contributed by atoms with E-state index < -0.39 is 5.97 Å². The van der Waals surface area contributed by atoms with Crippen LogP contribution in [0, 0.1) is 6.92 Å². The number of rotatable bonds is 4. The maximum atomic E-state index is 12.4. The van der Waals surface area contributed by atoms with Gasteiger partial charge in [0.15, 0.2) is 11.3 Å². The highest BCUT2D eigenvalue weighted by Gasteiger charge is 2.19. The molecule has 8 nitrogen and oxygen atoms in total. The van der Waals surface area contributed by atoms with Gasteiger partial charge in [0.25, 0.3) is 0 Å². The van der Waals surface area contributed by atoms with Gasteiger partial charge in [-0.1, -0.05) is 34.5 Å². The van der Waals surface area contributed by atoms with E-state index in [9.17, 15) is 4.79 Å². The zero-order valence-electron chi connectivity index (χ0n) is 14.0. The summed E-state index contributed by atoms with van der Waals surface area (Å²) in [6, 6.07) is 10.5. The van der Waals surface area contributed by atoms with Crippen molar-refractivity contribution in [3.05, 3.63) is 63.8 Å². The van der Waals surface area contributed by atoms with E-state index in [0.717, 1.165) is 0 Å². The largest absolute Gasteiger partial charge is 0.453 e. The van der Waals surface area contributed by atoms with Gasteiger partial charge in [-0.2, -0.15) is 0 Å². The molecule has 0 unspecified atom stereocenters. The molecule has 4 aromatic rings. The summed E-state index contributed by atoms with van der Waals surface area (Å²) in [5.41, 5.74) is 2.52. The lowest BCUT2D eigenvalue weighted by Gasteiger charge is -2.04. The molecule has 4 rings (SSSR count). The van der Waals surface area contributed by atoms with E-state index in [4.69, 9.17) is 27.9 Å².